The van der Waals surface area contributed by atoms with Gasteiger partial charge in [-0.25, -0.2) is 8.78 Å². The van der Waals surface area contributed by atoms with Crippen LogP contribution in [0.4, 0.5) is 14.5 Å². The molecule has 1 aliphatic carbocycles. The molecule has 5 nitrogen and oxygen atoms in total. The van der Waals surface area contributed by atoms with Gasteiger partial charge in [0.05, 0.1) is 24.0 Å². The van der Waals surface area contributed by atoms with Gasteiger partial charge in [-0.05, 0) is 42.7 Å². The zero-order valence-electron chi connectivity index (χ0n) is 15.8. The Bertz CT molecular complexity index is 947. The minimum absolute atomic E-state index is 0.0871. The van der Waals surface area contributed by atoms with Gasteiger partial charge in [-0.1, -0.05) is 31.0 Å². The third-order valence-corrected chi connectivity index (χ3v) is 5.27. The first kappa shape index (κ1) is 19.4. The summed E-state index contributed by atoms with van der Waals surface area (Å²) in [5.74, 6) is -1.66. The molecule has 0 unspecified atom stereocenters. The topological polar surface area (TPSA) is 61.8 Å². The van der Waals surface area contributed by atoms with Crippen molar-refractivity contribution in [2.45, 2.75) is 44.4 Å². The number of hydrogen-bond acceptors (Lipinski definition) is 4. The number of nitrogens with zero attached hydrogens (tertiary/aromatic N) is 1. The molecule has 2 atom stereocenters. The van der Waals surface area contributed by atoms with Crippen molar-refractivity contribution in [2.24, 2.45) is 0 Å². The van der Waals surface area contributed by atoms with Crippen LogP contribution in [0, 0.1) is 11.6 Å². The van der Waals surface area contributed by atoms with E-state index >= 15 is 0 Å². The van der Waals surface area contributed by atoms with E-state index in [4.69, 9.17) is 4.74 Å². The number of nitrogens with one attached hydrogen (secondary N) is 1. The van der Waals surface area contributed by atoms with Crippen molar-refractivity contribution < 1.29 is 23.4 Å². The van der Waals surface area contributed by atoms with Crippen molar-refractivity contribution in [1.29, 1.82) is 0 Å². The van der Waals surface area contributed by atoms with Gasteiger partial charge in [-0.3, -0.25) is 4.79 Å². The molecule has 1 aliphatic heterocycles. The van der Waals surface area contributed by atoms with Gasteiger partial charge in [0.2, 0.25) is 5.76 Å². The Kier molecular flexibility index (Phi) is 5.49. The minimum atomic E-state index is -0.919. The largest absolute Gasteiger partial charge is 0.448 e. The van der Waals surface area contributed by atoms with Crippen LogP contribution >= 0.6 is 0 Å². The van der Waals surface area contributed by atoms with Crippen LogP contribution in [-0.2, 0) is 11.3 Å². The maximum atomic E-state index is 13.6. The number of fused-ring (bicyclic) bond motifs is 1. The van der Waals surface area contributed by atoms with Gasteiger partial charge >= 0.3 is 0 Å². The molecule has 2 aliphatic rings. The number of amides is 1. The molecule has 1 heterocycles. The Morgan fingerprint density at radius 1 is 1.14 bits per heavy atom. The van der Waals surface area contributed by atoms with Gasteiger partial charge in [-0.2, -0.15) is 0 Å². The van der Waals surface area contributed by atoms with Gasteiger partial charge in [0.15, 0.2) is 17.4 Å². The van der Waals surface area contributed by atoms with Gasteiger partial charge in [0, 0.05) is 6.54 Å². The van der Waals surface area contributed by atoms with E-state index in [9.17, 15) is 18.7 Å². The number of para-hydroxylation sites is 2. The first-order chi connectivity index (χ1) is 14.0. The molecule has 0 bridgehead atoms. The first-order valence-corrected chi connectivity index (χ1v) is 9.69. The minimum Gasteiger partial charge on any atom is -0.448 e. The van der Waals surface area contributed by atoms with Gasteiger partial charge in [0.1, 0.15) is 0 Å². The van der Waals surface area contributed by atoms with Crippen LogP contribution in [-0.4, -0.2) is 23.2 Å². The molecule has 29 heavy (non-hydrogen) atoms. The van der Waals surface area contributed by atoms with Crippen molar-refractivity contribution in [3.63, 3.8) is 0 Å². The number of halogens is 2. The molecule has 152 valence electrons. The highest BCUT2D eigenvalue weighted by Gasteiger charge is 2.29. The van der Waals surface area contributed by atoms with Gasteiger partial charge in [0.25, 0.3) is 5.91 Å². The van der Waals surface area contributed by atoms with Crippen LogP contribution in [0.2, 0.25) is 0 Å². The van der Waals surface area contributed by atoms with Crippen molar-refractivity contribution >= 4 is 11.6 Å². The third kappa shape index (κ3) is 4.24. The Morgan fingerprint density at radius 3 is 2.72 bits per heavy atom. The number of aliphatic hydroxyl groups excluding tert-OH is 1. The number of hydrogen-bond donors (Lipinski definition) is 2. The Balaban J connectivity index is 1.57. The van der Waals surface area contributed by atoms with E-state index in [0.29, 0.717) is 23.4 Å². The summed E-state index contributed by atoms with van der Waals surface area (Å²) >= 11 is 0. The lowest BCUT2D eigenvalue weighted by Gasteiger charge is -2.31. The summed E-state index contributed by atoms with van der Waals surface area (Å²) in [6.45, 7) is 0.237. The Hall–Kier alpha value is -2.93. The average Bonchev–Trinajstić information content (AvgIpc) is 2.72. The Labute approximate surface area is 167 Å². The van der Waals surface area contributed by atoms with E-state index in [1.807, 2.05) is 12.1 Å². The molecule has 0 radical (unpaired) electrons. The summed E-state index contributed by atoms with van der Waals surface area (Å²) in [4.78, 5) is 14.5. The average molecular weight is 400 g/mol. The summed E-state index contributed by atoms with van der Waals surface area (Å²) in [7, 11) is 0. The maximum Gasteiger partial charge on any atom is 0.288 e. The molecule has 1 saturated carbocycles. The van der Waals surface area contributed by atoms with Crippen LogP contribution in [0.25, 0.3) is 0 Å². The number of aliphatic hydroxyl groups is 1. The zero-order chi connectivity index (χ0) is 20.4. The van der Waals surface area contributed by atoms with Crippen LogP contribution in [0.5, 0.6) is 5.75 Å². The fraction of sp³-hybridized carbons (Fsp3) is 0.318. The highest BCUT2D eigenvalue weighted by atomic mass is 19.2. The second-order valence-electron chi connectivity index (χ2n) is 7.37. The lowest BCUT2D eigenvalue weighted by Crippen LogP contribution is -2.46. The van der Waals surface area contributed by atoms with Gasteiger partial charge < -0.3 is 20.1 Å². The van der Waals surface area contributed by atoms with E-state index in [1.165, 1.54) is 6.07 Å². The predicted octanol–water partition coefficient (Wildman–Crippen LogP) is 3.62. The molecule has 4 rings (SSSR count). The first-order valence-electron chi connectivity index (χ1n) is 9.69. The monoisotopic (exact) mass is 400 g/mol. The molecule has 2 aromatic carbocycles. The van der Waals surface area contributed by atoms with E-state index < -0.39 is 23.6 Å². The molecule has 2 aromatic rings. The van der Waals surface area contributed by atoms with E-state index in [1.54, 1.807) is 23.2 Å². The van der Waals surface area contributed by atoms with Crippen molar-refractivity contribution in [1.82, 2.24) is 5.32 Å². The molecule has 0 aromatic heterocycles. The summed E-state index contributed by atoms with van der Waals surface area (Å²) in [6, 6.07) is 10.6. The standard InChI is InChI=1S/C22H22F2N2O3/c23-15-10-9-14(11-16(15)24)12-26-13-21(29-20-8-4-2-6-18(20)26)22(28)25-17-5-1-3-7-19(17)27/h2,4,6,8-11,13,17,19,27H,1,3,5,7,12H2,(H,25,28)/t17-,19-/m0/s1. The van der Waals surface area contributed by atoms with Crippen LogP contribution in [0.3, 0.4) is 0 Å². The molecule has 1 fully saturated rings. The molecule has 0 saturated heterocycles. The van der Waals surface area contributed by atoms with Gasteiger partial charge in [-0.15, -0.1) is 0 Å². The highest BCUT2D eigenvalue weighted by Crippen LogP contribution is 2.35. The number of rotatable bonds is 4. The smallest absolute Gasteiger partial charge is 0.288 e. The summed E-state index contributed by atoms with van der Waals surface area (Å²) in [5.41, 5.74) is 1.27. The fourth-order valence-electron chi connectivity index (χ4n) is 3.73. The number of anilines is 1. The summed E-state index contributed by atoms with van der Waals surface area (Å²) < 4.78 is 32.6. The molecule has 7 heteroatoms. The molecular formula is C22H22F2N2O3. The normalized spacial score (nSPS) is 21.1. The SMILES string of the molecule is O=C(N[C@H]1CCCC[C@@H]1O)C1=CN(Cc2ccc(F)c(F)c2)c2ccccc2O1. The maximum absolute atomic E-state index is 13.6. The predicted molar refractivity (Wildman–Crippen MR) is 104 cm³/mol. The van der Waals surface area contributed by atoms with Crippen LogP contribution in [0.1, 0.15) is 31.2 Å². The quantitative estimate of drug-likeness (QED) is 0.823. The highest BCUT2D eigenvalue weighted by molar-refractivity contribution is 5.93. The van der Waals surface area contributed by atoms with E-state index in [0.717, 1.165) is 31.4 Å². The molecule has 0 spiro atoms. The lowest BCUT2D eigenvalue weighted by atomic mass is 9.92. The van der Waals surface area contributed by atoms with Crippen molar-refractivity contribution in [2.75, 3.05) is 4.90 Å². The lowest BCUT2D eigenvalue weighted by molar-refractivity contribution is -0.121. The van der Waals surface area contributed by atoms with Crippen LogP contribution < -0.4 is 15.0 Å². The van der Waals surface area contributed by atoms with Crippen LogP contribution in [0.15, 0.2) is 54.4 Å². The van der Waals surface area contributed by atoms with E-state index in [2.05, 4.69) is 5.32 Å². The number of carbonyl (C=O) groups excluding carboxylic acids is 1. The summed E-state index contributed by atoms with van der Waals surface area (Å²) in [5, 5.41) is 13.0. The number of ether oxygens (including phenoxy) is 1. The summed E-state index contributed by atoms with van der Waals surface area (Å²) in [6.07, 6.45) is 4.26. The number of carbonyl (C=O) groups is 1. The Morgan fingerprint density at radius 2 is 1.93 bits per heavy atom. The zero-order valence-corrected chi connectivity index (χ0v) is 15.8. The third-order valence-electron chi connectivity index (χ3n) is 5.27. The van der Waals surface area contributed by atoms with Crippen molar-refractivity contribution in [3.8, 4) is 5.75 Å². The molecule has 2 N–H and O–H groups in total. The van der Waals surface area contributed by atoms with E-state index in [-0.39, 0.29) is 18.3 Å². The number of benzene rings is 2. The molecule has 1 amide bonds. The second-order valence-corrected chi connectivity index (χ2v) is 7.37. The second kappa shape index (κ2) is 8.21. The molecular weight excluding hydrogens is 378 g/mol. The fourth-order valence-corrected chi connectivity index (χ4v) is 3.73. The van der Waals surface area contributed by atoms with Crippen molar-refractivity contribution in [3.05, 3.63) is 71.6 Å².